The van der Waals surface area contributed by atoms with Crippen LogP contribution in [0.1, 0.15) is 43.4 Å². The molecular weight excluding hydrogens is 316 g/mol. The second-order valence-corrected chi connectivity index (χ2v) is 6.60. The summed E-state index contributed by atoms with van der Waals surface area (Å²) in [6, 6.07) is 11.5. The first-order valence-electron chi connectivity index (χ1n) is 8.74. The fourth-order valence-corrected chi connectivity index (χ4v) is 3.13. The highest BCUT2D eigenvalue weighted by molar-refractivity contribution is 6.00. The van der Waals surface area contributed by atoms with E-state index in [-0.39, 0.29) is 30.2 Å². The fourth-order valence-electron chi connectivity index (χ4n) is 3.13. The van der Waals surface area contributed by atoms with Crippen molar-refractivity contribution in [2.45, 2.75) is 39.7 Å². The summed E-state index contributed by atoms with van der Waals surface area (Å²) in [7, 11) is 0. The molecule has 3 rings (SSSR count). The van der Waals surface area contributed by atoms with E-state index in [1.165, 1.54) is 5.56 Å². The number of anilines is 1. The Labute approximate surface area is 148 Å². The van der Waals surface area contributed by atoms with E-state index in [0.29, 0.717) is 6.54 Å². The van der Waals surface area contributed by atoms with Crippen LogP contribution in [0.5, 0.6) is 0 Å². The molecule has 5 heteroatoms. The minimum atomic E-state index is -0.336. The van der Waals surface area contributed by atoms with Crippen molar-refractivity contribution in [3.8, 4) is 0 Å². The van der Waals surface area contributed by atoms with Crippen LogP contribution in [-0.4, -0.2) is 18.4 Å². The summed E-state index contributed by atoms with van der Waals surface area (Å²) < 4.78 is 5.55. The van der Waals surface area contributed by atoms with E-state index < -0.39 is 0 Å². The predicted octanol–water partition coefficient (Wildman–Crippen LogP) is 3.38. The van der Waals surface area contributed by atoms with Crippen LogP contribution < -0.4 is 10.2 Å². The van der Waals surface area contributed by atoms with E-state index in [0.717, 1.165) is 23.6 Å². The number of hydrogen-bond donors (Lipinski definition) is 1. The van der Waals surface area contributed by atoms with Crippen molar-refractivity contribution in [3.05, 3.63) is 53.5 Å². The molecule has 0 aliphatic carbocycles. The molecule has 2 amide bonds. The second kappa shape index (κ2) is 7.13. The molecule has 1 aliphatic rings. The zero-order chi connectivity index (χ0) is 18.0. The van der Waals surface area contributed by atoms with Crippen molar-refractivity contribution in [1.29, 1.82) is 0 Å². The fraction of sp³-hybridized carbons (Fsp3) is 0.400. The number of carbonyl (C=O) groups excluding carboxylic acids is 2. The lowest BCUT2D eigenvalue weighted by molar-refractivity contribution is -0.127. The summed E-state index contributed by atoms with van der Waals surface area (Å²) in [5.74, 6) is 1.08. The molecule has 1 aromatic heterocycles. The number of carbonyl (C=O) groups is 2. The molecule has 0 saturated carbocycles. The molecule has 1 aromatic carbocycles. The zero-order valence-electron chi connectivity index (χ0n) is 14.9. The van der Waals surface area contributed by atoms with E-state index in [1.807, 2.05) is 50.2 Å². The number of hydrogen-bond acceptors (Lipinski definition) is 3. The molecule has 2 unspecified atom stereocenters. The normalized spacial score (nSPS) is 18.4. The van der Waals surface area contributed by atoms with Gasteiger partial charge in [-0.1, -0.05) is 19.1 Å². The maximum Gasteiger partial charge on any atom is 0.227 e. The van der Waals surface area contributed by atoms with Gasteiger partial charge in [-0.15, -0.1) is 0 Å². The Bertz CT molecular complexity index is 764. The molecule has 2 atom stereocenters. The predicted molar refractivity (Wildman–Crippen MR) is 96.3 cm³/mol. The Morgan fingerprint density at radius 2 is 2.00 bits per heavy atom. The zero-order valence-corrected chi connectivity index (χ0v) is 14.9. The van der Waals surface area contributed by atoms with Crippen molar-refractivity contribution < 1.29 is 14.0 Å². The molecule has 132 valence electrons. The molecule has 1 fully saturated rings. The highest BCUT2D eigenvalue weighted by Gasteiger charge is 2.35. The topological polar surface area (TPSA) is 62.6 Å². The number of amides is 2. The average Bonchev–Trinajstić information content (AvgIpc) is 3.21. The number of furan rings is 1. The molecule has 0 bridgehead atoms. The van der Waals surface area contributed by atoms with Gasteiger partial charge in [-0.2, -0.15) is 0 Å². The third kappa shape index (κ3) is 3.76. The first-order valence-corrected chi connectivity index (χ1v) is 8.74. The van der Waals surface area contributed by atoms with Crippen molar-refractivity contribution in [1.82, 2.24) is 5.32 Å². The summed E-state index contributed by atoms with van der Waals surface area (Å²) in [5.41, 5.74) is 2.08. The average molecular weight is 340 g/mol. The summed E-state index contributed by atoms with van der Waals surface area (Å²) in [5, 5.41) is 2.95. The lowest BCUT2D eigenvalue weighted by Crippen LogP contribution is -2.34. The van der Waals surface area contributed by atoms with Gasteiger partial charge in [0.25, 0.3) is 0 Å². The minimum Gasteiger partial charge on any atom is -0.464 e. The van der Waals surface area contributed by atoms with Crippen molar-refractivity contribution >= 4 is 17.5 Å². The van der Waals surface area contributed by atoms with Gasteiger partial charge in [-0.25, -0.2) is 0 Å². The molecule has 1 N–H and O–H groups in total. The van der Waals surface area contributed by atoms with Crippen molar-refractivity contribution in [2.24, 2.45) is 5.92 Å². The maximum atomic E-state index is 12.5. The number of nitrogens with one attached hydrogen (secondary N) is 1. The lowest BCUT2D eigenvalue weighted by Gasteiger charge is -2.18. The van der Waals surface area contributed by atoms with Crippen LogP contribution in [0.3, 0.4) is 0 Å². The largest absolute Gasteiger partial charge is 0.464 e. The van der Waals surface area contributed by atoms with Crippen LogP contribution in [0, 0.1) is 12.8 Å². The van der Waals surface area contributed by atoms with Gasteiger partial charge < -0.3 is 14.6 Å². The quantitative estimate of drug-likeness (QED) is 0.907. The Morgan fingerprint density at radius 3 is 2.60 bits per heavy atom. The van der Waals surface area contributed by atoms with Gasteiger partial charge in [-0.3, -0.25) is 9.59 Å². The first-order chi connectivity index (χ1) is 12.0. The van der Waals surface area contributed by atoms with E-state index in [4.69, 9.17) is 4.42 Å². The SMILES string of the molecule is CCc1ccc(N2CC(C(=O)NC(C)c3ccc(C)o3)CC2=O)cc1. The minimum absolute atomic E-state index is 0.00843. The molecular formula is C20H24N2O3. The van der Waals surface area contributed by atoms with Crippen LogP contribution in [-0.2, 0) is 16.0 Å². The van der Waals surface area contributed by atoms with Crippen molar-refractivity contribution in [3.63, 3.8) is 0 Å². The van der Waals surface area contributed by atoms with Gasteiger partial charge in [0.05, 0.1) is 12.0 Å². The number of rotatable bonds is 5. The molecule has 25 heavy (non-hydrogen) atoms. The van der Waals surface area contributed by atoms with Crippen LogP contribution in [0.15, 0.2) is 40.8 Å². The monoisotopic (exact) mass is 340 g/mol. The molecule has 5 nitrogen and oxygen atoms in total. The van der Waals surface area contributed by atoms with Crippen LogP contribution in [0.25, 0.3) is 0 Å². The lowest BCUT2D eigenvalue weighted by atomic mass is 10.1. The molecule has 2 heterocycles. The van der Waals surface area contributed by atoms with E-state index in [9.17, 15) is 9.59 Å². The Kier molecular flexibility index (Phi) is 4.93. The molecule has 1 saturated heterocycles. The van der Waals surface area contributed by atoms with Gasteiger partial charge in [0.2, 0.25) is 11.8 Å². The Hall–Kier alpha value is -2.56. The number of nitrogens with zero attached hydrogens (tertiary/aromatic N) is 1. The third-order valence-corrected chi connectivity index (χ3v) is 4.70. The van der Waals surface area contributed by atoms with Crippen molar-refractivity contribution in [2.75, 3.05) is 11.4 Å². The first kappa shape index (κ1) is 17.3. The van der Waals surface area contributed by atoms with E-state index >= 15 is 0 Å². The number of aryl methyl sites for hydroxylation is 2. The summed E-state index contributed by atoms with van der Waals surface area (Å²) >= 11 is 0. The molecule has 0 spiro atoms. The van der Waals surface area contributed by atoms with Gasteiger partial charge in [0, 0.05) is 18.7 Å². The van der Waals surface area contributed by atoms with Gasteiger partial charge in [0.1, 0.15) is 11.5 Å². The van der Waals surface area contributed by atoms with Gasteiger partial charge >= 0.3 is 0 Å². The molecule has 0 radical (unpaired) electrons. The molecule has 1 aliphatic heterocycles. The Morgan fingerprint density at radius 1 is 1.28 bits per heavy atom. The maximum absolute atomic E-state index is 12.5. The van der Waals surface area contributed by atoms with E-state index in [2.05, 4.69) is 12.2 Å². The van der Waals surface area contributed by atoms with E-state index in [1.54, 1.807) is 4.90 Å². The summed E-state index contributed by atoms with van der Waals surface area (Å²) in [4.78, 5) is 26.6. The summed E-state index contributed by atoms with van der Waals surface area (Å²) in [6.07, 6.45) is 1.20. The van der Waals surface area contributed by atoms with Crippen LogP contribution >= 0.6 is 0 Å². The number of benzene rings is 1. The van der Waals surface area contributed by atoms with Gasteiger partial charge in [-0.05, 0) is 50.1 Å². The highest BCUT2D eigenvalue weighted by atomic mass is 16.3. The smallest absolute Gasteiger partial charge is 0.227 e. The van der Waals surface area contributed by atoms with Crippen LogP contribution in [0.4, 0.5) is 5.69 Å². The Balaban J connectivity index is 1.63. The third-order valence-electron chi connectivity index (χ3n) is 4.70. The molecule has 2 aromatic rings. The second-order valence-electron chi connectivity index (χ2n) is 6.60. The summed E-state index contributed by atoms with van der Waals surface area (Å²) in [6.45, 7) is 6.27. The van der Waals surface area contributed by atoms with Crippen LogP contribution in [0.2, 0.25) is 0 Å². The standard InChI is InChI=1S/C20H24N2O3/c1-4-15-6-8-17(9-7-15)22-12-16(11-19(22)23)20(24)21-14(3)18-10-5-13(2)25-18/h5-10,14,16H,4,11-12H2,1-3H3,(H,21,24). The van der Waals surface area contributed by atoms with Gasteiger partial charge in [0.15, 0.2) is 0 Å². The highest BCUT2D eigenvalue weighted by Crippen LogP contribution is 2.26.